The Bertz CT molecular complexity index is 270. The third-order valence-electron chi connectivity index (χ3n) is 5.28. The molecule has 110 valence electrons. The molecule has 1 spiro atoms. The van der Waals surface area contributed by atoms with E-state index < -0.39 is 0 Å². The summed E-state index contributed by atoms with van der Waals surface area (Å²) in [4.78, 5) is 2.57. The summed E-state index contributed by atoms with van der Waals surface area (Å²) in [5.41, 5.74) is 0.291. The van der Waals surface area contributed by atoms with E-state index in [0.717, 1.165) is 13.1 Å². The molecule has 3 fully saturated rings. The van der Waals surface area contributed by atoms with E-state index >= 15 is 0 Å². The average molecular weight is 266 g/mol. The molecule has 2 aliphatic heterocycles. The highest BCUT2D eigenvalue weighted by Gasteiger charge is 2.40. The number of likely N-dealkylation sites (tertiary alicyclic amines) is 1. The lowest BCUT2D eigenvalue weighted by Gasteiger charge is -2.33. The number of hydrogen-bond acceptors (Lipinski definition) is 3. The van der Waals surface area contributed by atoms with Crippen LogP contribution in [-0.4, -0.2) is 49.3 Å². The topological polar surface area (TPSA) is 24.5 Å². The maximum Gasteiger partial charge on any atom is 0.0708 e. The van der Waals surface area contributed by atoms with Crippen LogP contribution in [-0.2, 0) is 4.74 Å². The van der Waals surface area contributed by atoms with Gasteiger partial charge in [0.05, 0.1) is 11.7 Å². The van der Waals surface area contributed by atoms with Crippen molar-refractivity contribution < 1.29 is 4.74 Å². The predicted molar refractivity (Wildman–Crippen MR) is 78.5 cm³/mol. The monoisotopic (exact) mass is 266 g/mol. The molecule has 1 saturated carbocycles. The van der Waals surface area contributed by atoms with Crippen LogP contribution < -0.4 is 5.32 Å². The van der Waals surface area contributed by atoms with Gasteiger partial charge in [-0.15, -0.1) is 0 Å². The van der Waals surface area contributed by atoms with Gasteiger partial charge in [0.2, 0.25) is 0 Å². The Morgan fingerprint density at radius 2 is 1.79 bits per heavy atom. The Labute approximate surface area is 118 Å². The first-order valence-electron chi connectivity index (χ1n) is 8.47. The Kier molecular flexibility index (Phi) is 4.78. The van der Waals surface area contributed by atoms with E-state index in [9.17, 15) is 0 Å². The zero-order chi connectivity index (χ0) is 13.0. The summed E-state index contributed by atoms with van der Waals surface area (Å²) in [5, 5.41) is 3.61. The fourth-order valence-corrected chi connectivity index (χ4v) is 4.11. The molecule has 1 N–H and O–H groups in total. The lowest BCUT2D eigenvalue weighted by Crippen LogP contribution is -2.37. The van der Waals surface area contributed by atoms with Crippen molar-refractivity contribution in [1.29, 1.82) is 0 Å². The number of nitrogens with zero attached hydrogens (tertiary/aromatic N) is 1. The Balaban J connectivity index is 1.31. The lowest BCUT2D eigenvalue weighted by atomic mass is 9.83. The minimum absolute atomic E-state index is 0.291. The molecule has 3 nitrogen and oxygen atoms in total. The first-order valence-corrected chi connectivity index (χ1v) is 8.47. The Morgan fingerprint density at radius 3 is 2.58 bits per heavy atom. The van der Waals surface area contributed by atoms with Crippen LogP contribution in [0.1, 0.15) is 57.8 Å². The van der Waals surface area contributed by atoms with Crippen LogP contribution in [0.25, 0.3) is 0 Å². The summed E-state index contributed by atoms with van der Waals surface area (Å²) in [7, 11) is 0. The van der Waals surface area contributed by atoms with E-state index in [1.165, 1.54) is 77.4 Å². The molecule has 1 atom stereocenters. The van der Waals surface area contributed by atoms with Crippen molar-refractivity contribution in [1.82, 2.24) is 10.2 Å². The highest BCUT2D eigenvalue weighted by molar-refractivity contribution is 4.91. The standard InChI is InChI=1S/C16H30N2O/c1-2-7-16(8-3-1)9-6-15(19-16)14-17-10-13-18-11-4-5-12-18/h15,17H,1-14H2. The molecule has 0 aromatic carbocycles. The maximum absolute atomic E-state index is 6.39. The third kappa shape index (κ3) is 3.71. The first-order chi connectivity index (χ1) is 9.36. The minimum Gasteiger partial charge on any atom is -0.370 e. The molecule has 1 unspecified atom stereocenters. The van der Waals surface area contributed by atoms with Crippen LogP contribution >= 0.6 is 0 Å². The van der Waals surface area contributed by atoms with Gasteiger partial charge in [-0.05, 0) is 51.6 Å². The summed E-state index contributed by atoms with van der Waals surface area (Å²) < 4.78 is 6.39. The van der Waals surface area contributed by atoms with Crippen molar-refractivity contribution in [3.8, 4) is 0 Å². The zero-order valence-corrected chi connectivity index (χ0v) is 12.3. The van der Waals surface area contributed by atoms with Gasteiger partial charge >= 0.3 is 0 Å². The number of ether oxygens (including phenoxy) is 1. The van der Waals surface area contributed by atoms with Gasteiger partial charge in [0.25, 0.3) is 0 Å². The summed E-state index contributed by atoms with van der Waals surface area (Å²) in [5.74, 6) is 0. The second kappa shape index (κ2) is 6.55. The first kappa shape index (κ1) is 13.8. The Morgan fingerprint density at radius 1 is 1.00 bits per heavy atom. The molecule has 1 aliphatic carbocycles. The van der Waals surface area contributed by atoms with E-state index in [4.69, 9.17) is 4.74 Å². The van der Waals surface area contributed by atoms with Gasteiger partial charge in [-0.2, -0.15) is 0 Å². The smallest absolute Gasteiger partial charge is 0.0708 e. The van der Waals surface area contributed by atoms with Crippen LogP contribution in [0.3, 0.4) is 0 Å². The van der Waals surface area contributed by atoms with Crippen LogP contribution in [0.4, 0.5) is 0 Å². The summed E-state index contributed by atoms with van der Waals surface area (Å²) in [6.45, 7) is 6.04. The molecule has 2 heterocycles. The van der Waals surface area contributed by atoms with Crippen molar-refractivity contribution in [3.05, 3.63) is 0 Å². The van der Waals surface area contributed by atoms with Gasteiger partial charge in [-0.1, -0.05) is 19.3 Å². The molecular weight excluding hydrogens is 236 g/mol. The van der Waals surface area contributed by atoms with E-state index in [-0.39, 0.29) is 0 Å². The van der Waals surface area contributed by atoms with E-state index in [1.54, 1.807) is 0 Å². The van der Waals surface area contributed by atoms with Crippen LogP contribution in [0, 0.1) is 0 Å². The summed E-state index contributed by atoms with van der Waals surface area (Å²) in [6, 6.07) is 0. The van der Waals surface area contributed by atoms with Gasteiger partial charge in [0.15, 0.2) is 0 Å². The normalized spacial score (nSPS) is 31.3. The third-order valence-corrected chi connectivity index (χ3v) is 5.28. The lowest BCUT2D eigenvalue weighted by molar-refractivity contribution is -0.0623. The van der Waals surface area contributed by atoms with Crippen molar-refractivity contribution in [3.63, 3.8) is 0 Å². The number of nitrogens with one attached hydrogen (secondary N) is 1. The molecule has 19 heavy (non-hydrogen) atoms. The fraction of sp³-hybridized carbons (Fsp3) is 1.00. The highest BCUT2D eigenvalue weighted by Crippen LogP contribution is 2.41. The van der Waals surface area contributed by atoms with E-state index in [1.807, 2.05) is 0 Å². The van der Waals surface area contributed by atoms with E-state index in [0.29, 0.717) is 11.7 Å². The Hall–Kier alpha value is -0.120. The second-order valence-corrected chi connectivity index (χ2v) is 6.78. The quantitative estimate of drug-likeness (QED) is 0.774. The molecule has 0 amide bonds. The van der Waals surface area contributed by atoms with Crippen molar-refractivity contribution in [2.75, 3.05) is 32.7 Å². The molecule has 3 aliphatic rings. The minimum atomic E-state index is 0.291. The average Bonchev–Trinajstić information content (AvgIpc) is 3.07. The van der Waals surface area contributed by atoms with Crippen LogP contribution in [0.5, 0.6) is 0 Å². The molecule has 0 radical (unpaired) electrons. The van der Waals surface area contributed by atoms with E-state index in [2.05, 4.69) is 10.2 Å². The predicted octanol–water partition coefficient (Wildman–Crippen LogP) is 2.55. The van der Waals surface area contributed by atoms with Gasteiger partial charge in [0, 0.05) is 19.6 Å². The summed E-state index contributed by atoms with van der Waals surface area (Å²) >= 11 is 0. The molecule has 0 aromatic rings. The van der Waals surface area contributed by atoms with Crippen molar-refractivity contribution in [2.45, 2.75) is 69.5 Å². The molecule has 0 bridgehead atoms. The second-order valence-electron chi connectivity index (χ2n) is 6.78. The summed E-state index contributed by atoms with van der Waals surface area (Å²) in [6.07, 6.45) is 12.7. The van der Waals surface area contributed by atoms with Gasteiger partial charge in [-0.25, -0.2) is 0 Å². The molecule has 3 heteroatoms. The maximum atomic E-state index is 6.39. The molecule has 3 rings (SSSR count). The van der Waals surface area contributed by atoms with Gasteiger partial charge in [-0.3, -0.25) is 0 Å². The van der Waals surface area contributed by atoms with Crippen LogP contribution in [0.15, 0.2) is 0 Å². The highest BCUT2D eigenvalue weighted by atomic mass is 16.5. The molecule has 0 aromatic heterocycles. The van der Waals surface area contributed by atoms with Gasteiger partial charge in [0.1, 0.15) is 0 Å². The van der Waals surface area contributed by atoms with Crippen molar-refractivity contribution >= 4 is 0 Å². The fourth-order valence-electron chi connectivity index (χ4n) is 4.11. The molecular formula is C16H30N2O. The SMILES string of the molecule is C1CCC2(CC1)CCC(CNCCN1CCCC1)O2. The zero-order valence-electron chi connectivity index (χ0n) is 12.3. The van der Waals surface area contributed by atoms with Crippen LogP contribution in [0.2, 0.25) is 0 Å². The van der Waals surface area contributed by atoms with Crippen molar-refractivity contribution in [2.24, 2.45) is 0 Å². The van der Waals surface area contributed by atoms with Gasteiger partial charge < -0.3 is 15.0 Å². The number of hydrogen-bond donors (Lipinski definition) is 1. The largest absolute Gasteiger partial charge is 0.370 e. The number of rotatable bonds is 5. The molecule has 2 saturated heterocycles.